The number of anilines is 1. The van der Waals surface area contributed by atoms with Gasteiger partial charge in [-0.2, -0.15) is 0 Å². The van der Waals surface area contributed by atoms with E-state index >= 15 is 0 Å². The third-order valence-electron chi connectivity index (χ3n) is 4.46. The zero-order chi connectivity index (χ0) is 17.6. The molecule has 1 aliphatic heterocycles. The van der Waals surface area contributed by atoms with Gasteiger partial charge in [-0.05, 0) is 60.8 Å². The lowest BCUT2D eigenvalue weighted by atomic mass is 10.1. The minimum absolute atomic E-state index is 0.405. The summed E-state index contributed by atoms with van der Waals surface area (Å²) < 4.78 is 5.52. The van der Waals surface area contributed by atoms with Crippen LogP contribution in [0.2, 0.25) is 0 Å². The highest BCUT2D eigenvalue weighted by atomic mass is 32.1. The van der Waals surface area contributed by atoms with Crippen molar-refractivity contribution < 1.29 is 9.64 Å². The zero-order valence-corrected chi connectivity index (χ0v) is 16.4. The molecular formula is C19H26N3OS2+. The molecule has 0 aliphatic carbocycles. The van der Waals surface area contributed by atoms with Crippen molar-refractivity contribution >= 4 is 34.4 Å². The Kier molecular flexibility index (Phi) is 6.42. The van der Waals surface area contributed by atoms with Gasteiger partial charge in [-0.25, -0.2) is 0 Å². The van der Waals surface area contributed by atoms with Gasteiger partial charge in [0.15, 0.2) is 5.11 Å². The molecule has 0 spiro atoms. The number of hydrogen-bond donors (Lipinski definition) is 3. The largest absolute Gasteiger partial charge is 0.370 e. The molecule has 3 rings (SSSR count). The van der Waals surface area contributed by atoms with Gasteiger partial charge in [0.1, 0.15) is 19.1 Å². The Morgan fingerprint density at radius 2 is 1.96 bits per heavy atom. The third-order valence-corrected chi connectivity index (χ3v) is 5.69. The molecule has 3 N–H and O–H groups in total. The first kappa shape index (κ1) is 18.3. The van der Waals surface area contributed by atoms with E-state index in [4.69, 9.17) is 17.0 Å². The number of thiophene rings is 1. The van der Waals surface area contributed by atoms with Crippen LogP contribution in [0.5, 0.6) is 0 Å². The van der Waals surface area contributed by atoms with Gasteiger partial charge >= 0.3 is 0 Å². The van der Waals surface area contributed by atoms with E-state index in [1.165, 1.54) is 16.0 Å². The Balaban J connectivity index is 1.61. The van der Waals surface area contributed by atoms with Gasteiger partial charge in [0, 0.05) is 5.69 Å². The number of hydrogen-bond acceptors (Lipinski definition) is 3. The molecule has 0 bridgehead atoms. The topological polar surface area (TPSA) is 37.7 Å². The molecule has 25 heavy (non-hydrogen) atoms. The summed E-state index contributed by atoms with van der Waals surface area (Å²) >= 11 is 7.34. The maximum atomic E-state index is 5.52. The molecule has 0 amide bonds. The van der Waals surface area contributed by atoms with Crippen molar-refractivity contribution in [3.05, 3.63) is 51.7 Å². The van der Waals surface area contributed by atoms with Crippen molar-refractivity contribution in [1.29, 1.82) is 0 Å². The normalized spacial score (nSPS) is 16.4. The minimum Gasteiger partial charge on any atom is -0.370 e. The average Bonchev–Trinajstić information content (AvgIpc) is 3.09. The molecule has 2 heterocycles. The van der Waals surface area contributed by atoms with E-state index in [2.05, 4.69) is 60.2 Å². The Morgan fingerprint density at radius 1 is 1.24 bits per heavy atom. The van der Waals surface area contributed by atoms with E-state index in [9.17, 15) is 0 Å². The number of morpholine rings is 1. The van der Waals surface area contributed by atoms with Crippen molar-refractivity contribution in [1.82, 2.24) is 5.32 Å². The van der Waals surface area contributed by atoms with E-state index in [0.717, 1.165) is 38.5 Å². The van der Waals surface area contributed by atoms with Crippen molar-refractivity contribution in [3.63, 3.8) is 0 Å². The maximum Gasteiger partial charge on any atom is 0.171 e. The minimum atomic E-state index is 0.405. The highest BCUT2D eigenvalue weighted by Crippen LogP contribution is 2.17. The molecule has 1 atom stereocenters. The Hall–Kier alpha value is -1.47. The van der Waals surface area contributed by atoms with E-state index in [-0.39, 0.29) is 0 Å². The first-order valence-corrected chi connectivity index (χ1v) is 9.99. The van der Waals surface area contributed by atoms with Crippen LogP contribution < -0.4 is 15.5 Å². The highest BCUT2D eigenvalue weighted by molar-refractivity contribution is 7.80. The van der Waals surface area contributed by atoms with Crippen LogP contribution in [0.15, 0.2) is 35.7 Å². The van der Waals surface area contributed by atoms with Crippen molar-refractivity contribution in [3.8, 4) is 0 Å². The molecule has 1 saturated heterocycles. The Bertz CT molecular complexity index is 676. The molecule has 4 nitrogen and oxygen atoms in total. The van der Waals surface area contributed by atoms with Crippen molar-refractivity contribution in [2.24, 2.45) is 0 Å². The van der Waals surface area contributed by atoms with E-state index in [0.29, 0.717) is 11.2 Å². The predicted octanol–water partition coefficient (Wildman–Crippen LogP) is 2.31. The summed E-state index contributed by atoms with van der Waals surface area (Å²) in [4.78, 5) is 2.97. The second kappa shape index (κ2) is 8.76. The lowest BCUT2D eigenvalue weighted by molar-refractivity contribution is -0.937. The summed E-state index contributed by atoms with van der Waals surface area (Å²) in [6.07, 6.45) is 0. The fourth-order valence-electron chi connectivity index (χ4n) is 3.33. The summed E-state index contributed by atoms with van der Waals surface area (Å²) in [6, 6.07) is 11.1. The summed E-state index contributed by atoms with van der Waals surface area (Å²) in [5, 5.41) is 9.56. The summed E-state index contributed by atoms with van der Waals surface area (Å²) in [5.74, 6) is 0. The van der Waals surface area contributed by atoms with E-state index in [1.807, 2.05) is 11.3 Å². The van der Waals surface area contributed by atoms with Crippen molar-refractivity contribution in [2.45, 2.75) is 19.9 Å². The van der Waals surface area contributed by atoms with E-state index < -0.39 is 0 Å². The quantitative estimate of drug-likeness (QED) is 0.700. The molecule has 6 heteroatoms. The average molecular weight is 377 g/mol. The third kappa shape index (κ3) is 5.25. The van der Waals surface area contributed by atoms with Crippen LogP contribution in [0.1, 0.15) is 22.0 Å². The zero-order valence-electron chi connectivity index (χ0n) is 14.8. The number of aryl methyl sites for hydroxylation is 2. The second-order valence-electron chi connectivity index (χ2n) is 6.55. The molecule has 134 valence electrons. The standard InChI is InChI=1S/C19H25N3OS2/c1-14-10-15(2)12-16(11-14)21-19(24)20-13-17(18-4-3-9-25-18)22-5-7-23-8-6-22/h3-4,9-12,17H,5-8,13H2,1-2H3,(H2,20,21,24)/p+1/t17-/m1/s1. The number of ether oxygens (including phenoxy) is 1. The number of rotatable bonds is 5. The first-order chi connectivity index (χ1) is 12.1. The Morgan fingerprint density at radius 3 is 2.60 bits per heavy atom. The summed E-state index contributed by atoms with van der Waals surface area (Å²) in [6.45, 7) is 8.78. The summed E-state index contributed by atoms with van der Waals surface area (Å²) in [5.41, 5.74) is 3.51. The van der Waals surface area contributed by atoms with Crippen molar-refractivity contribution in [2.75, 3.05) is 38.2 Å². The van der Waals surface area contributed by atoms with Gasteiger partial charge in [0.25, 0.3) is 0 Å². The van der Waals surface area contributed by atoms with Gasteiger partial charge in [0.05, 0.1) is 24.6 Å². The molecule has 1 aromatic carbocycles. The molecule has 1 fully saturated rings. The van der Waals surface area contributed by atoms with Crippen LogP contribution in [-0.2, 0) is 4.74 Å². The Labute approximate surface area is 159 Å². The predicted molar refractivity (Wildman–Crippen MR) is 109 cm³/mol. The van der Waals surface area contributed by atoms with Crippen LogP contribution in [-0.4, -0.2) is 38.0 Å². The maximum absolute atomic E-state index is 5.52. The SMILES string of the molecule is Cc1cc(C)cc(NC(=S)NC[C@H](c2cccs2)[NH+]2CCOCC2)c1. The molecule has 2 aromatic rings. The van der Waals surface area contributed by atoms with Crippen LogP contribution >= 0.6 is 23.6 Å². The van der Waals surface area contributed by atoms with E-state index in [1.54, 1.807) is 4.90 Å². The molecule has 1 aliphatic rings. The first-order valence-electron chi connectivity index (χ1n) is 8.70. The smallest absolute Gasteiger partial charge is 0.171 e. The molecule has 1 aromatic heterocycles. The van der Waals surface area contributed by atoms with Crippen LogP contribution in [0.25, 0.3) is 0 Å². The van der Waals surface area contributed by atoms with Gasteiger partial charge in [-0.1, -0.05) is 12.1 Å². The monoisotopic (exact) mass is 376 g/mol. The van der Waals surface area contributed by atoms with Crippen LogP contribution in [0.3, 0.4) is 0 Å². The fraction of sp³-hybridized carbons (Fsp3) is 0.421. The fourth-order valence-corrected chi connectivity index (χ4v) is 4.42. The van der Waals surface area contributed by atoms with Gasteiger partial charge < -0.3 is 20.3 Å². The second-order valence-corrected chi connectivity index (χ2v) is 7.94. The molecular weight excluding hydrogens is 350 g/mol. The molecule has 0 saturated carbocycles. The van der Waals surface area contributed by atoms with Gasteiger partial charge in [-0.15, -0.1) is 11.3 Å². The number of nitrogens with one attached hydrogen (secondary N) is 3. The van der Waals surface area contributed by atoms with Gasteiger partial charge in [0.2, 0.25) is 0 Å². The number of thiocarbonyl (C=S) groups is 1. The number of benzene rings is 1. The molecule has 0 radical (unpaired) electrons. The van der Waals surface area contributed by atoms with Gasteiger partial charge in [-0.3, -0.25) is 0 Å². The van der Waals surface area contributed by atoms with Crippen LogP contribution in [0, 0.1) is 13.8 Å². The molecule has 0 unspecified atom stereocenters. The highest BCUT2D eigenvalue weighted by Gasteiger charge is 2.27. The number of quaternary nitrogens is 1. The van der Waals surface area contributed by atoms with Crippen LogP contribution in [0.4, 0.5) is 5.69 Å². The summed E-state index contributed by atoms with van der Waals surface area (Å²) in [7, 11) is 0. The lowest BCUT2D eigenvalue weighted by Gasteiger charge is -2.31. The lowest BCUT2D eigenvalue weighted by Crippen LogP contribution is -3.15.